The van der Waals surface area contributed by atoms with Crippen LogP contribution in [-0.4, -0.2) is 28.0 Å². The number of carboxylic acids is 1. The van der Waals surface area contributed by atoms with Crippen LogP contribution in [0.5, 0.6) is 0 Å². The van der Waals surface area contributed by atoms with E-state index in [0.29, 0.717) is 12.3 Å². The van der Waals surface area contributed by atoms with Crippen molar-refractivity contribution in [3.05, 3.63) is 17.8 Å². The highest BCUT2D eigenvalue weighted by Crippen LogP contribution is 2.22. The van der Waals surface area contributed by atoms with Crippen LogP contribution < -0.4 is 5.32 Å². The molecule has 1 rings (SSSR count). The quantitative estimate of drug-likeness (QED) is 0.839. The number of hydrogen-bond donors (Lipinski definition) is 2. The first kappa shape index (κ1) is 17.2. The number of carbonyl (C=O) groups is 2. The van der Waals surface area contributed by atoms with Crippen molar-refractivity contribution in [3.8, 4) is 0 Å². The van der Waals surface area contributed by atoms with E-state index in [-0.39, 0.29) is 23.7 Å². The summed E-state index contributed by atoms with van der Waals surface area (Å²) in [4.78, 5) is 27.0. The minimum absolute atomic E-state index is 0.125. The Balaban J connectivity index is 2.53. The van der Waals surface area contributed by atoms with Crippen LogP contribution in [0, 0.1) is 5.92 Å². The largest absolute Gasteiger partial charge is 0.480 e. The van der Waals surface area contributed by atoms with E-state index in [0.717, 1.165) is 5.76 Å². The third-order valence-electron chi connectivity index (χ3n) is 3.11. The van der Waals surface area contributed by atoms with Crippen LogP contribution in [-0.2, 0) is 21.4 Å². The zero-order valence-corrected chi connectivity index (χ0v) is 13.3. The summed E-state index contributed by atoms with van der Waals surface area (Å²) in [5, 5.41) is 11.5. The van der Waals surface area contributed by atoms with Crippen molar-refractivity contribution >= 4 is 11.9 Å². The average molecular weight is 296 g/mol. The van der Waals surface area contributed by atoms with Gasteiger partial charge in [0.2, 0.25) is 5.91 Å². The van der Waals surface area contributed by atoms with Gasteiger partial charge in [-0.3, -0.25) is 4.79 Å². The van der Waals surface area contributed by atoms with Crippen LogP contribution in [0.3, 0.4) is 0 Å². The summed E-state index contributed by atoms with van der Waals surface area (Å²) < 4.78 is 5.59. The number of carbonyl (C=O) groups excluding carboxylic acids is 1. The number of nitrogens with zero attached hydrogens (tertiary/aromatic N) is 1. The summed E-state index contributed by atoms with van der Waals surface area (Å²) in [6.07, 6.45) is 2.17. The lowest BCUT2D eigenvalue weighted by Crippen LogP contribution is -2.44. The molecule has 0 unspecified atom stereocenters. The molecule has 6 nitrogen and oxygen atoms in total. The lowest BCUT2D eigenvalue weighted by molar-refractivity contribution is -0.143. The molecule has 1 atom stereocenters. The van der Waals surface area contributed by atoms with Gasteiger partial charge in [-0.1, -0.05) is 34.6 Å². The summed E-state index contributed by atoms with van der Waals surface area (Å²) in [5.74, 6) is -0.244. The zero-order chi connectivity index (χ0) is 16.2. The molecule has 0 fully saturated rings. The van der Waals surface area contributed by atoms with Gasteiger partial charge in [0, 0.05) is 18.3 Å². The van der Waals surface area contributed by atoms with Crippen molar-refractivity contribution in [2.75, 3.05) is 0 Å². The monoisotopic (exact) mass is 296 g/mol. The minimum atomic E-state index is -1.02. The number of aryl methyl sites for hydroxylation is 1. The Morgan fingerprint density at radius 3 is 2.43 bits per heavy atom. The van der Waals surface area contributed by atoms with Gasteiger partial charge in [-0.25, -0.2) is 9.78 Å². The molecule has 1 heterocycles. The van der Waals surface area contributed by atoms with Crippen LogP contribution in [0.1, 0.15) is 52.7 Å². The Kier molecular flexibility index (Phi) is 5.52. The highest BCUT2D eigenvalue weighted by Gasteiger charge is 2.24. The second-order valence-electron chi connectivity index (χ2n) is 6.50. The predicted octanol–water partition coefficient (Wildman–Crippen LogP) is 2.13. The topological polar surface area (TPSA) is 92.4 Å². The Bertz CT molecular complexity index is 500. The van der Waals surface area contributed by atoms with Crippen LogP contribution in [0.15, 0.2) is 10.6 Å². The third kappa shape index (κ3) is 5.21. The number of aliphatic carboxylic acids is 1. The summed E-state index contributed by atoms with van der Waals surface area (Å²) in [6.45, 7) is 9.56. The van der Waals surface area contributed by atoms with Crippen molar-refractivity contribution in [1.82, 2.24) is 10.3 Å². The molecular weight excluding hydrogens is 272 g/mol. The predicted molar refractivity (Wildman–Crippen MR) is 77.9 cm³/mol. The first-order chi connectivity index (χ1) is 9.61. The molecule has 0 saturated heterocycles. The lowest BCUT2D eigenvalue weighted by Gasteiger charge is -2.17. The second-order valence-corrected chi connectivity index (χ2v) is 6.50. The fourth-order valence-electron chi connectivity index (χ4n) is 1.75. The number of aromatic nitrogens is 1. The molecule has 0 aliphatic heterocycles. The molecule has 0 aromatic carbocycles. The molecule has 1 amide bonds. The smallest absolute Gasteiger partial charge is 0.326 e. The molecule has 21 heavy (non-hydrogen) atoms. The Hall–Kier alpha value is -1.85. The SMILES string of the molecule is CC(C)[C@H](NC(=O)CCc1ncc(C(C)(C)C)o1)C(=O)O. The highest BCUT2D eigenvalue weighted by molar-refractivity contribution is 5.83. The lowest BCUT2D eigenvalue weighted by atomic mass is 9.94. The Morgan fingerprint density at radius 1 is 1.38 bits per heavy atom. The number of amides is 1. The van der Waals surface area contributed by atoms with E-state index in [1.54, 1.807) is 20.0 Å². The molecule has 0 bridgehead atoms. The molecule has 0 spiro atoms. The molecule has 1 aromatic heterocycles. The molecule has 2 N–H and O–H groups in total. The van der Waals surface area contributed by atoms with Gasteiger partial charge in [-0.05, 0) is 5.92 Å². The van der Waals surface area contributed by atoms with Crippen molar-refractivity contribution in [2.24, 2.45) is 5.92 Å². The van der Waals surface area contributed by atoms with Gasteiger partial charge in [0.15, 0.2) is 5.89 Å². The fraction of sp³-hybridized carbons (Fsp3) is 0.667. The summed E-state index contributed by atoms with van der Waals surface area (Å²) in [5.41, 5.74) is -0.125. The first-order valence-electron chi connectivity index (χ1n) is 7.08. The highest BCUT2D eigenvalue weighted by atomic mass is 16.4. The molecule has 1 aromatic rings. The number of rotatable bonds is 6. The molecule has 0 aliphatic rings. The van der Waals surface area contributed by atoms with Gasteiger partial charge in [0.25, 0.3) is 0 Å². The Labute approximate surface area is 124 Å². The van der Waals surface area contributed by atoms with Crippen molar-refractivity contribution < 1.29 is 19.1 Å². The molecule has 118 valence electrons. The van der Waals surface area contributed by atoms with Gasteiger partial charge < -0.3 is 14.8 Å². The Morgan fingerprint density at radius 2 is 2.00 bits per heavy atom. The number of oxazole rings is 1. The molecule has 0 radical (unpaired) electrons. The van der Waals surface area contributed by atoms with E-state index >= 15 is 0 Å². The molecule has 0 saturated carbocycles. The average Bonchev–Trinajstić information content (AvgIpc) is 2.81. The van der Waals surface area contributed by atoms with E-state index in [1.807, 2.05) is 20.8 Å². The molecular formula is C15H24N2O4. The van der Waals surface area contributed by atoms with Gasteiger partial charge >= 0.3 is 5.97 Å². The maximum atomic E-state index is 11.8. The summed E-state index contributed by atoms with van der Waals surface area (Å²) in [7, 11) is 0. The van der Waals surface area contributed by atoms with E-state index < -0.39 is 12.0 Å². The normalized spacial score (nSPS) is 13.2. The van der Waals surface area contributed by atoms with Crippen LogP contribution in [0.2, 0.25) is 0 Å². The standard InChI is InChI=1S/C15H24N2O4/c1-9(2)13(14(19)20)17-11(18)6-7-12-16-8-10(21-12)15(3,4)5/h8-9,13H,6-7H2,1-5H3,(H,17,18)(H,19,20)/t13-/m0/s1. The number of hydrogen-bond acceptors (Lipinski definition) is 4. The minimum Gasteiger partial charge on any atom is -0.480 e. The van der Waals surface area contributed by atoms with E-state index in [4.69, 9.17) is 9.52 Å². The number of carboxylic acid groups (broad SMARTS) is 1. The van der Waals surface area contributed by atoms with Crippen molar-refractivity contribution in [1.29, 1.82) is 0 Å². The van der Waals surface area contributed by atoms with Crippen LogP contribution >= 0.6 is 0 Å². The number of nitrogens with one attached hydrogen (secondary N) is 1. The van der Waals surface area contributed by atoms with Crippen molar-refractivity contribution in [3.63, 3.8) is 0 Å². The first-order valence-corrected chi connectivity index (χ1v) is 7.08. The maximum absolute atomic E-state index is 11.8. The summed E-state index contributed by atoms with van der Waals surface area (Å²) in [6, 6.07) is -0.868. The van der Waals surface area contributed by atoms with E-state index in [2.05, 4.69) is 10.3 Å². The van der Waals surface area contributed by atoms with Crippen molar-refractivity contribution in [2.45, 2.75) is 58.9 Å². The van der Waals surface area contributed by atoms with Gasteiger partial charge in [0.05, 0.1) is 6.20 Å². The maximum Gasteiger partial charge on any atom is 0.326 e. The second kappa shape index (κ2) is 6.74. The zero-order valence-electron chi connectivity index (χ0n) is 13.3. The van der Waals surface area contributed by atoms with E-state index in [9.17, 15) is 9.59 Å². The third-order valence-corrected chi connectivity index (χ3v) is 3.11. The van der Waals surface area contributed by atoms with Gasteiger partial charge in [0.1, 0.15) is 11.8 Å². The van der Waals surface area contributed by atoms with Gasteiger partial charge in [-0.15, -0.1) is 0 Å². The fourth-order valence-corrected chi connectivity index (χ4v) is 1.75. The van der Waals surface area contributed by atoms with Crippen LogP contribution in [0.4, 0.5) is 0 Å². The molecule has 0 aliphatic carbocycles. The van der Waals surface area contributed by atoms with Gasteiger partial charge in [-0.2, -0.15) is 0 Å². The van der Waals surface area contributed by atoms with E-state index in [1.165, 1.54) is 0 Å². The molecule has 6 heteroatoms. The van der Waals surface area contributed by atoms with Crippen LogP contribution in [0.25, 0.3) is 0 Å². The summed E-state index contributed by atoms with van der Waals surface area (Å²) >= 11 is 0.